The maximum Gasteiger partial charge on any atom is 0.354 e. The summed E-state index contributed by atoms with van der Waals surface area (Å²) < 4.78 is 1.93. The van der Waals surface area contributed by atoms with Gasteiger partial charge in [-0.2, -0.15) is 0 Å². The van der Waals surface area contributed by atoms with Crippen LogP contribution in [0, 0.1) is 6.92 Å². The van der Waals surface area contributed by atoms with Crippen LogP contribution in [0.5, 0.6) is 0 Å². The lowest BCUT2D eigenvalue weighted by molar-refractivity contribution is 0.0690. The molecule has 0 amide bonds. The lowest BCUT2D eigenvalue weighted by Crippen LogP contribution is -1.99. The number of hydrogen-bond donors (Lipinski definition) is 1. The summed E-state index contributed by atoms with van der Waals surface area (Å²) in [5.41, 5.74) is 2.10. The summed E-state index contributed by atoms with van der Waals surface area (Å²) in [6, 6.07) is 1.60. The van der Waals surface area contributed by atoms with Gasteiger partial charge in [-0.25, -0.2) is 9.78 Å². The third-order valence-corrected chi connectivity index (χ3v) is 2.29. The number of aryl methyl sites for hydroxylation is 2. The highest BCUT2D eigenvalue weighted by atomic mass is 16.4. The molecule has 72 valence electrons. The van der Waals surface area contributed by atoms with E-state index in [1.807, 2.05) is 24.7 Å². The van der Waals surface area contributed by atoms with Crippen molar-refractivity contribution >= 4 is 16.9 Å². The van der Waals surface area contributed by atoms with Gasteiger partial charge in [0.05, 0.1) is 11.7 Å². The van der Waals surface area contributed by atoms with E-state index in [0.717, 1.165) is 16.5 Å². The zero-order valence-corrected chi connectivity index (χ0v) is 7.98. The number of pyridine rings is 1. The summed E-state index contributed by atoms with van der Waals surface area (Å²) in [5, 5.41) is 9.72. The fourth-order valence-electron chi connectivity index (χ4n) is 1.59. The van der Waals surface area contributed by atoms with E-state index in [0.29, 0.717) is 0 Å². The Balaban J connectivity index is 2.77. The van der Waals surface area contributed by atoms with Crippen molar-refractivity contribution in [3.05, 3.63) is 29.7 Å². The molecular formula is C10H10N2O2. The average molecular weight is 190 g/mol. The van der Waals surface area contributed by atoms with Crippen LogP contribution in [0.3, 0.4) is 0 Å². The highest BCUT2D eigenvalue weighted by Crippen LogP contribution is 2.19. The topological polar surface area (TPSA) is 55.1 Å². The molecule has 0 atom stereocenters. The maximum absolute atomic E-state index is 10.7. The maximum atomic E-state index is 10.7. The van der Waals surface area contributed by atoms with Gasteiger partial charge in [0, 0.05) is 18.6 Å². The highest BCUT2D eigenvalue weighted by molar-refractivity contribution is 5.92. The molecule has 2 rings (SSSR count). The van der Waals surface area contributed by atoms with Crippen molar-refractivity contribution in [3.63, 3.8) is 0 Å². The Morgan fingerprint density at radius 2 is 2.29 bits per heavy atom. The molecule has 0 aliphatic carbocycles. The molecule has 0 aromatic carbocycles. The van der Waals surface area contributed by atoms with Crippen molar-refractivity contribution in [2.24, 2.45) is 7.05 Å². The SMILES string of the molecule is Cc1cn(C)c2cnc(C(=O)O)cc12. The molecule has 4 heteroatoms. The van der Waals surface area contributed by atoms with Gasteiger partial charge in [0.25, 0.3) is 0 Å². The van der Waals surface area contributed by atoms with E-state index in [2.05, 4.69) is 4.98 Å². The van der Waals surface area contributed by atoms with Crippen LogP contribution in [-0.2, 0) is 7.05 Å². The minimum atomic E-state index is -0.991. The van der Waals surface area contributed by atoms with Crippen LogP contribution in [-0.4, -0.2) is 20.6 Å². The zero-order chi connectivity index (χ0) is 10.3. The molecule has 0 saturated carbocycles. The third kappa shape index (κ3) is 1.16. The van der Waals surface area contributed by atoms with E-state index in [4.69, 9.17) is 5.11 Å². The van der Waals surface area contributed by atoms with Crippen molar-refractivity contribution in [1.82, 2.24) is 9.55 Å². The predicted octanol–water partition coefficient (Wildman–Crippen LogP) is 1.58. The van der Waals surface area contributed by atoms with Gasteiger partial charge in [-0.3, -0.25) is 0 Å². The van der Waals surface area contributed by atoms with Crippen LogP contribution >= 0.6 is 0 Å². The van der Waals surface area contributed by atoms with Gasteiger partial charge >= 0.3 is 5.97 Å². The van der Waals surface area contributed by atoms with Gasteiger partial charge in [-0.1, -0.05) is 0 Å². The second kappa shape index (κ2) is 2.83. The van der Waals surface area contributed by atoms with E-state index in [1.54, 1.807) is 12.3 Å². The van der Waals surface area contributed by atoms with Crippen molar-refractivity contribution in [2.75, 3.05) is 0 Å². The number of aromatic carboxylic acids is 1. The van der Waals surface area contributed by atoms with Crippen LogP contribution in [0.4, 0.5) is 0 Å². The van der Waals surface area contributed by atoms with Crippen LogP contribution < -0.4 is 0 Å². The van der Waals surface area contributed by atoms with Crippen molar-refractivity contribution in [1.29, 1.82) is 0 Å². The summed E-state index contributed by atoms with van der Waals surface area (Å²) in [4.78, 5) is 14.6. The zero-order valence-electron chi connectivity index (χ0n) is 7.98. The monoisotopic (exact) mass is 190 g/mol. The number of aromatic nitrogens is 2. The van der Waals surface area contributed by atoms with E-state index < -0.39 is 5.97 Å². The Hall–Kier alpha value is -1.84. The van der Waals surface area contributed by atoms with Gasteiger partial charge in [0.1, 0.15) is 5.69 Å². The fraction of sp³-hybridized carbons (Fsp3) is 0.200. The smallest absolute Gasteiger partial charge is 0.354 e. The molecule has 0 saturated heterocycles. The molecule has 0 unspecified atom stereocenters. The molecule has 0 fully saturated rings. The van der Waals surface area contributed by atoms with Crippen LogP contribution in [0.2, 0.25) is 0 Å². The molecule has 0 aliphatic heterocycles. The summed E-state index contributed by atoms with van der Waals surface area (Å²) in [5.74, 6) is -0.991. The number of hydrogen-bond acceptors (Lipinski definition) is 2. The molecule has 14 heavy (non-hydrogen) atoms. The standard InChI is InChI=1S/C10H10N2O2/c1-6-5-12(2)9-4-11-8(10(13)14)3-7(6)9/h3-5H,1-2H3,(H,13,14). The molecule has 0 aliphatic rings. The predicted molar refractivity (Wildman–Crippen MR) is 52.4 cm³/mol. The van der Waals surface area contributed by atoms with E-state index in [-0.39, 0.29) is 5.69 Å². The molecular weight excluding hydrogens is 180 g/mol. The molecule has 2 aromatic heterocycles. The Labute approximate surface area is 80.8 Å². The first-order valence-corrected chi connectivity index (χ1v) is 4.24. The quantitative estimate of drug-likeness (QED) is 0.742. The first-order valence-electron chi connectivity index (χ1n) is 4.24. The second-order valence-electron chi connectivity index (χ2n) is 3.31. The number of rotatable bonds is 1. The Morgan fingerprint density at radius 1 is 1.57 bits per heavy atom. The van der Waals surface area contributed by atoms with E-state index in [9.17, 15) is 4.79 Å². The highest BCUT2D eigenvalue weighted by Gasteiger charge is 2.08. The molecule has 2 aromatic rings. The number of nitrogens with zero attached hydrogens (tertiary/aromatic N) is 2. The Bertz CT molecular complexity index is 514. The first-order chi connectivity index (χ1) is 6.59. The van der Waals surface area contributed by atoms with Gasteiger partial charge in [0.2, 0.25) is 0 Å². The van der Waals surface area contributed by atoms with Crippen molar-refractivity contribution in [3.8, 4) is 0 Å². The van der Waals surface area contributed by atoms with Gasteiger partial charge in [-0.15, -0.1) is 0 Å². The van der Waals surface area contributed by atoms with Crippen molar-refractivity contribution in [2.45, 2.75) is 6.92 Å². The number of carboxylic acids is 1. The molecule has 0 spiro atoms. The summed E-state index contributed by atoms with van der Waals surface area (Å²) in [6.07, 6.45) is 3.55. The van der Waals surface area contributed by atoms with Crippen LogP contribution in [0.15, 0.2) is 18.5 Å². The molecule has 0 bridgehead atoms. The Kier molecular flexibility index (Phi) is 1.77. The lowest BCUT2D eigenvalue weighted by Gasteiger charge is -1.96. The van der Waals surface area contributed by atoms with E-state index >= 15 is 0 Å². The van der Waals surface area contributed by atoms with Gasteiger partial charge in [-0.05, 0) is 18.6 Å². The minimum absolute atomic E-state index is 0.0896. The van der Waals surface area contributed by atoms with Crippen LogP contribution in [0.25, 0.3) is 10.9 Å². The Morgan fingerprint density at radius 3 is 2.93 bits per heavy atom. The minimum Gasteiger partial charge on any atom is -0.477 e. The summed E-state index contributed by atoms with van der Waals surface area (Å²) in [7, 11) is 1.91. The average Bonchev–Trinajstić information content (AvgIpc) is 2.42. The largest absolute Gasteiger partial charge is 0.477 e. The number of carbonyl (C=O) groups is 1. The van der Waals surface area contributed by atoms with Crippen LogP contribution in [0.1, 0.15) is 16.1 Å². The molecule has 4 nitrogen and oxygen atoms in total. The third-order valence-electron chi connectivity index (χ3n) is 2.29. The number of fused-ring (bicyclic) bond motifs is 1. The summed E-state index contributed by atoms with van der Waals surface area (Å²) >= 11 is 0. The molecule has 2 heterocycles. The fourth-order valence-corrected chi connectivity index (χ4v) is 1.59. The van der Waals surface area contributed by atoms with E-state index in [1.165, 1.54) is 0 Å². The molecule has 0 radical (unpaired) electrons. The van der Waals surface area contributed by atoms with Crippen molar-refractivity contribution < 1.29 is 9.90 Å². The van der Waals surface area contributed by atoms with Gasteiger partial charge in [0.15, 0.2) is 0 Å². The number of carboxylic acid groups (broad SMARTS) is 1. The first kappa shape index (κ1) is 8.74. The normalized spacial score (nSPS) is 10.7. The second-order valence-corrected chi connectivity index (χ2v) is 3.31. The summed E-state index contributed by atoms with van der Waals surface area (Å²) in [6.45, 7) is 1.95. The van der Waals surface area contributed by atoms with Gasteiger partial charge < -0.3 is 9.67 Å². The lowest BCUT2D eigenvalue weighted by atomic mass is 10.2. The molecule has 1 N–H and O–H groups in total.